The standard InChI is InChI=1S/C13H15N3O/c1-8-14-11-7-9(3-6-12(11)16(8)2)13(17)15-10-4-5-10/h3,6-7,10H,4-5H2,1-2H3,(H,15,17). The molecule has 2 aromatic rings. The maximum atomic E-state index is 11.9. The summed E-state index contributed by atoms with van der Waals surface area (Å²) in [7, 11) is 1.98. The van der Waals surface area contributed by atoms with Crippen molar-refractivity contribution in [3.05, 3.63) is 29.6 Å². The minimum absolute atomic E-state index is 0.0118. The van der Waals surface area contributed by atoms with E-state index in [1.165, 1.54) is 0 Å². The molecule has 0 bridgehead atoms. The van der Waals surface area contributed by atoms with Crippen LogP contribution in [0.15, 0.2) is 18.2 Å². The van der Waals surface area contributed by atoms with Crippen molar-refractivity contribution in [3.63, 3.8) is 0 Å². The molecule has 1 aliphatic rings. The van der Waals surface area contributed by atoms with Crippen LogP contribution >= 0.6 is 0 Å². The van der Waals surface area contributed by atoms with Gasteiger partial charge in [-0.3, -0.25) is 4.79 Å². The number of hydrogen-bond donors (Lipinski definition) is 1. The van der Waals surface area contributed by atoms with E-state index in [1.54, 1.807) is 0 Å². The summed E-state index contributed by atoms with van der Waals surface area (Å²) in [5, 5.41) is 2.98. The van der Waals surface area contributed by atoms with Crippen molar-refractivity contribution in [2.75, 3.05) is 0 Å². The van der Waals surface area contributed by atoms with Gasteiger partial charge in [0.2, 0.25) is 0 Å². The molecule has 3 rings (SSSR count). The van der Waals surface area contributed by atoms with E-state index in [9.17, 15) is 4.79 Å². The van der Waals surface area contributed by atoms with Gasteiger partial charge in [-0.1, -0.05) is 0 Å². The van der Waals surface area contributed by atoms with Crippen molar-refractivity contribution in [2.24, 2.45) is 7.05 Å². The van der Waals surface area contributed by atoms with Gasteiger partial charge in [0.1, 0.15) is 5.82 Å². The second kappa shape index (κ2) is 3.58. The Hall–Kier alpha value is -1.84. The van der Waals surface area contributed by atoms with Gasteiger partial charge in [-0.25, -0.2) is 4.98 Å². The first-order chi connectivity index (χ1) is 8.15. The molecule has 4 nitrogen and oxygen atoms in total. The summed E-state index contributed by atoms with van der Waals surface area (Å²) >= 11 is 0. The molecule has 1 fully saturated rings. The lowest BCUT2D eigenvalue weighted by atomic mass is 10.2. The summed E-state index contributed by atoms with van der Waals surface area (Å²) < 4.78 is 2.03. The summed E-state index contributed by atoms with van der Waals surface area (Å²) in [5.41, 5.74) is 2.64. The average Bonchev–Trinajstić information content (AvgIpc) is 3.07. The number of fused-ring (bicyclic) bond motifs is 1. The molecule has 1 aliphatic carbocycles. The van der Waals surface area contributed by atoms with Gasteiger partial charge in [-0.15, -0.1) is 0 Å². The number of nitrogens with zero attached hydrogens (tertiary/aromatic N) is 2. The van der Waals surface area contributed by atoms with Crippen LogP contribution < -0.4 is 5.32 Å². The third-order valence-electron chi connectivity index (χ3n) is 3.28. The number of carbonyl (C=O) groups excluding carboxylic acids is 1. The molecule has 0 unspecified atom stereocenters. The van der Waals surface area contributed by atoms with Crippen LogP contribution in [-0.4, -0.2) is 21.5 Å². The quantitative estimate of drug-likeness (QED) is 0.853. The van der Waals surface area contributed by atoms with Crippen LogP contribution in [-0.2, 0) is 7.05 Å². The smallest absolute Gasteiger partial charge is 0.251 e. The molecule has 17 heavy (non-hydrogen) atoms. The summed E-state index contributed by atoms with van der Waals surface area (Å²) in [6.45, 7) is 1.96. The minimum Gasteiger partial charge on any atom is -0.349 e. The van der Waals surface area contributed by atoms with Crippen LogP contribution in [0.2, 0.25) is 0 Å². The van der Waals surface area contributed by atoms with Crippen LogP contribution in [0.1, 0.15) is 29.0 Å². The Bertz CT molecular complexity index is 596. The van der Waals surface area contributed by atoms with Crippen molar-refractivity contribution in [1.29, 1.82) is 0 Å². The highest BCUT2D eigenvalue weighted by atomic mass is 16.1. The number of carbonyl (C=O) groups is 1. The van der Waals surface area contributed by atoms with E-state index in [0.717, 1.165) is 29.7 Å². The van der Waals surface area contributed by atoms with E-state index in [2.05, 4.69) is 10.3 Å². The molecule has 1 amide bonds. The molecule has 1 N–H and O–H groups in total. The topological polar surface area (TPSA) is 46.9 Å². The van der Waals surface area contributed by atoms with Crippen LogP contribution in [0, 0.1) is 6.92 Å². The Balaban J connectivity index is 1.97. The molecule has 88 valence electrons. The third-order valence-corrected chi connectivity index (χ3v) is 3.28. The number of aromatic nitrogens is 2. The molecule has 1 heterocycles. The molecule has 0 spiro atoms. The predicted molar refractivity (Wildman–Crippen MR) is 65.9 cm³/mol. The van der Waals surface area contributed by atoms with E-state index >= 15 is 0 Å². The van der Waals surface area contributed by atoms with E-state index in [4.69, 9.17) is 0 Å². The molecular weight excluding hydrogens is 214 g/mol. The molecular formula is C13H15N3O. The summed E-state index contributed by atoms with van der Waals surface area (Å²) in [6.07, 6.45) is 2.22. The van der Waals surface area contributed by atoms with Gasteiger partial charge in [0.15, 0.2) is 0 Å². The lowest BCUT2D eigenvalue weighted by Crippen LogP contribution is -2.25. The molecule has 0 saturated heterocycles. The number of aryl methyl sites for hydroxylation is 2. The summed E-state index contributed by atoms with van der Waals surface area (Å²) in [5.74, 6) is 0.970. The zero-order chi connectivity index (χ0) is 12.0. The number of amides is 1. The highest BCUT2D eigenvalue weighted by molar-refractivity contribution is 5.97. The van der Waals surface area contributed by atoms with E-state index < -0.39 is 0 Å². The Morgan fingerprint density at radius 1 is 1.47 bits per heavy atom. The lowest BCUT2D eigenvalue weighted by Gasteiger charge is -2.03. The van der Waals surface area contributed by atoms with Gasteiger partial charge < -0.3 is 9.88 Å². The number of hydrogen-bond acceptors (Lipinski definition) is 2. The largest absolute Gasteiger partial charge is 0.349 e. The highest BCUT2D eigenvalue weighted by Gasteiger charge is 2.23. The number of rotatable bonds is 2. The number of benzene rings is 1. The summed E-state index contributed by atoms with van der Waals surface area (Å²) in [6, 6.07) is 6.07. The fourth-order valence-electron chi connectivity index (χ4n) is 1.96. The maximum Gasteiger partial charge on any atom is 0.251 e. The molecule has 1 aromatic heterocycles. The first kappa shape index (κ1) is 10.3. The first-order valence-corrected chi connectivity index (χ1v) is 5.89. The zero-order valence-corrected chi connectivity index (χ0v) is 10.0. The number of nitrogens with one attached hydrogen (secondary N) is 1. The van der Waals surface area contributed by atoms with Crippen molar-refractivity contribution in [3.8, 4) is 0 Å². The molecule has 0 atom stereocenters. The zero-order valence-electron chi connectivity index (χ0n) is 10.0. The average molecular weight is 229 g/mol. The van der Waals surface area contributed by atoms with Crippen molar-refractivity contribution < 1.29 is 4.79 Å². The Labute approximate surface area is 99.6 Å². The second-order valence-electron chi connectivity index (χ2n) is 4.67. The van der Waals surface area contributed by atoms with Crippen molar-refractivity contribution in [1.82, 2.24) is 14.9 Å². The minimum atomic E-state index is 0.0118. The molecule has 4 heteroatoms. The second-order valence-corrected chi connectivity index (χ2v) is 4.67. The highest BCUT2D eigenvalue weighted by Crippen LogP contribution is 2.20. The van der Waals surface area contributed by atoms with E-state index in [0.29, 0.717) is 11.6 Å². The van der Waals surface area contributed by atoms with Crippen LogP contribution in [0.3, 0.4) is 0 Å². The Kier molecular flexibility index (Phi) is 2.18. The fraction of sp³-hybridized carbons (Fsp3) is 0.385. The third kappa shape index (κ3) is 1.79. The van der Waals surface area contributed by atoms with Gasteiger partial charge in [0.25, 0.3) is 5.91 Å². The Morgan fingerprint density at radius 3 is 2.94 bits per heavy atom. The fourth-order valence-corrected chi connectivity index (χ4v) is 1.96. The molecule has 0 aliphatic heterocycles. The predicted octanol–water partition coefficient (Wildman–Crippen LogP) is 1.77. The van der Waals surface area contributed by atoms with Crippen molar-refractivity contribution in [2.45, 2.75) is 25.8 Å². The van der Waals surface area contributed by atoms with Gasteiger partial charge in [0.05, 0.1) is 11.0 Å². The van der Waals surface area contributed by atoms with Gasteiger partial charge in [-0.2, -0.15) is 0 Å². The van der Waals surface area contributed by atoms with Gasteiger partial charge in [0, 0.05) is 18.7 Å². The normalized spacial score (nSPS) is 15.2. The van der Waals surface area contributed by atoms with E-state index in [1.807, 2.05) is 36.7 Å². The first-order valence-electron chi connectivity index (χ1n) is 5.89. The molecule has 0 radical (unpaired) electrons. The monoisotopic (exact) mass is 229 g/mol. The SMILES string of the molecule is Cc1nc2cc(C(=O)NC3CC3)ccc2n1C. The van der Waals surface area contributed by atoms with Crippen LogP contribution in [0.5, 0.6) is 0 Å². The Morgan fingerprint density at radius 2 is 2.24 bits per heavy atom. The maximum absolute atomic E-state index is 11.9. The molecule has 1 saturated carbocycles. The lowest BCUT2D eigenvalue weighted by molar-refractivity contribution is 0.0951. The molecule has 1 aromatic carbocycles. The number of imidazole rings is 1. The van der Waals surface area contributed by atoms with Crippen LogP contribution in [0.25, 0.3) is 11.0 Å². The van der Waals surface area contributed by atoms with Gasteiger partial charge >= 0.3 is 0 Å². The van der Waals surface area contributed by atoms with Crippen LogP contribution in [0.4, 0.5) is 0 Å². The van der Waals surface area contributed by atoms with E-state index in [-0.39, 0.29) is 5.91 Å². The van der Waals surface area contributed by atoms with Gasteiger partial charge in [-0.05, 0) is 38.0 Å². The van der Waals surface area contributed by atoms with Crippen molar-refractivity contribution >= 4 is 16.9 Å². The summed E-state index contributed by atoms with van der Waals surface area (Å²) in [4.78, 5) is 16.3.